The number of nitrogen functional groups attached to an aromatic ring is 1. The summed E-state index contributed by atoms with van der Waals surface area (Å²) in [7, 11) is 0. The number of nitrogens with zero attached hydrogens (tertiary/aromatic N) is 1. The van der Waals surface area contributed by atoms with Crippen molar-refractivity contribution in [1.29, 1.82) is 0 Å². The standard InChI is InChI=1S/C12H11ClN2O/c1-8-2-3-11(10(13)6-8)16-9-4-5-15-12(14)7-9/h2-7H,1H3,(H2,14,15). The molecule has 0 radical (unpaired) electrons. The number of ether oxygens (including phenoxy) is 1. The van der Waals surface area contributed by atoms with E-state index in [1.54, 1.807) is 18.3 Å². The molecule has 2 aromatic rings. The lowest BCUT2D eigenvalue weighted by molar-refractivity contribution is 0.482. The van der Waals surface area contributed by atoms with Gasteiger partial charge in [0, 0.05) is 12.3 Å². The van der Waals surface area contributed by atoms with Gasteiger partial charge in [-0.2, -0.15) is 0 Å². The summed E-state index contributed by atoms with van der Waals surface area (Å²) >= 11 is 6.05. The van der Waals surface area contributed by atoms with Crippen molar-refractivity contribution in [1.82, 2.24) is 4.98 Å². The van der Waals surface area contributed by atoms with Crippen LogP contribution < -0.4 is 10.5 Å². The molecule has 0 saturated carbocycles. The first-order valence-corrected chi connectivity index (χ1v) is 5.18. The predicted molar refractivity (Wildman–Crippen MR) is 64.9 cm³/mol. The lowest BCUT2D eigenvalue weighted by Crippen LogP contribution is -1.91. The number of rotatable bonds is 2. The second kappa shape index (κ2) is 4.41. The van der Waals surface area contributed by atoms with Crippen LogP contribution in [0.2, 0.25) is 5.02 Å². The van der Waals surface area contributed by atoms with E-state index in [4.69, 9.17) is 22.1 Å². The minimum Gasteiger partial charge on any atom is -0.456 e. The lowest BCUT2D eigenvalue weighted by Gasteiger charge is -2.08. The highest BCUT2D eigenvalue weighted by molar-refractivity contribution is 6.32. The Bertz CT molecular complexity index is 514. The normalized spacial score (nSPS) is 10.1. The molecule has 0 spiro atoms. The molecule has 0 amide bonds. The van der Waals surface area contributed by atoms with Crippen molar-refractivity contribution in [3.05, 3.63) is 47.1 Å². The van der Waals surface area contributed by atoms with Crippen LogP contribution in [0.4, 0.5) is 5.82 Å². The van der Waals surface area contributed by atoms with Crippen LogP contribution in [0.5, 0.6) is 11.5 Å². The largest absolute Gasteiger partial charge is 0.456 e. The fraction of sp³-hybridized carbons (Fsp3) is 0.0833. The molecule has 0 unspecified atom stereocenters. The molecular weight excluding hydrogens is 224 g/mol. The van der Waals surface area contributed by atoms with E-state index in [9.17, 15) is 0 Å². The van der Waals surface area contributed by atoms with Gasteiger partial charge >= 0.3 is 0 Å². The van der Waals surface area contributed by atoms with Gasteiger partial charge in [-0.15, -0.1) is 0 Å². The fourth-order valence-corrected chi connectivity index (χ4v) is 1.58. The second-order valence-electron chi connectivity index (χ2n) is 3.45. The molecule has 16 heavy (non-hydrogen) atoms. The van der Waals surface area contributed by atoms with E-state index in [2.05, 4.69) is 4.98 Å². The minimum absolute atomic E-state index is 0.417. The quantitative estimate of drug-likeness (QED) is 0.866. The summed E-state index contributed by atoms with van der Waals surface area (Å²) in [6, 6.07) is 8.99. The highest BCUT2D eigenvalue weighted by atomic mass is 35.5. The van der Waals surface area contributed by atoms with Crippen LogP contribution in [0.3, 0.4) is 0 Å². The Morgan fingerprint density at radius 2 is 2.06 bits per heavy atom. The van der Waals surface area contributed by atoms with Crippen LogP contribution >= 0.6 is 11.6 Å². The molecule has 0 atom stereocenters. The zero-order valence-corrected chi connectivity index (χ0v) is 9.53. The van der Waals surface area contributed by atoms with Crippen molar-refractivity contribution in [2.75, 3.05) is 5.73 Å². The van der Waals surface area contributed by atoms with Crippen molar-refractivity contribution in [2.45, 2.75) is 6.92 Å². The Balaban J connectivity index is 2.27. The maximum atomic E-state index is 6.05. The summed E-state index contributed by atoms with van der Waals surface area (Å²) in [4.78, 5) is 3.88. The van der Waals surface area contributed by atoms with Gasteiger partial charge in [0.25, 0.3) is 0 Å². The summed E-state index contributed by atoms with van der Waals surface area (Å²) in [5.74, 6) is 1.65. The number of benzene rings is 1. The molecule has 2 rings (SSSR count). The molecule has 0 aliphatic carbocycles. The molecule has 2 N–H and O–H groups in total. The lowest BCUT2D eigenvalue weighted by atomic mass is 10.2. The van der Waals surface area contributed by atoms with E-state index < -0.39 is 0 Å². The predicted octanol–water partition coefficient (Wildman–Crippen LogP) is 3.42. The first kappa shape index (κ1) is 10.8. The van der Waals surface area contributed by atoms with Crippen LogP contribution in [0.25, 0.3) is 0 Å². The third-order valence-electron chi connectivity index (χ3n) is 2.07. The topological polar surface area (TPSA) is 48.1 Å². The van der Waals surface area contributed by atoms with Crippen molar-refractivity contribution < 1.29 is 4.74 Å². The third kappa shape index (κ3) is 2.44. The van der Waals surface area contributed by atoms with Crippen LogP contribution in [-0.4, -0.2) is 4.98 Å². The number of anilines is 1. The Labute approximate surface area is 98.8 Å². The Morgan fingerprint density at radius 3 is 2.75 bits per heavy atom. The van der Waals surface area contributed by atoms with E-state index in [0.717, 1.165) is 5.56 Å². The summed E-state index contributed by atoms with van der Waals surface area (Å²) in [6.07, 6.45) is 1.59. The van der Waals surface area contributed by atoms with Gasteiger partial charge in [0.1, 0.15) is 17.3 Å². The molecule has 4 heteroatoms. The van der Waals surface area contributed by atoms with E-state index >= 15 is 0 Å². The number of hydrogen-bond acceptors (Lipinski definition) is 3. The SMILES string of the molecule is Cc1ccc(Oc2ccnc(N)c2)c(Cl)c1. The average molecular weight is 235 g/mol. The summed E-state index contributed by atoms with van der Waals surface area (Å²) < 4.78 is 5.59. The van der Waals surface area contributed by atoms with Crippen molar-refractivity contribution in [3.8, 4) is 11.5 Å². The first-order chi connectivity index (χ1) is 7.65. The molecule has 0 aliphatic heterocycles. The minimum atomic E-state index is 0.417. The number of pyridine rings is 1. The van der Waals surface area contributed by atoms with Crippen LogP contribution in [0.1, 0.15) is 5.56 Å². The maximum Gasteiger partial charge on any atom is 0.146 e. The number of halogens is 1. The zero-order valence-electron chi connectivity index (χ0n) is 8.77. The van der Waals surface area contributed by atoms with E-state index in [1.807, 2.05) is 25.1 Å². The maximum absolute atomic E-state index is 6.05. The smallest absolute Gasteiger partial charge is 0.146 e. The summed E-state index contributed by atoms with van der Waals surface area (Å²) in [5, 5.41) is 0.579. The van der Waals surface area contributed by atoms with Gasteiger partial charge in [0.15, 0.2) is 0 Å². The number of aryl methyl sites for hydroxylation is 1. The monoisotopic (exact) mass is 234 g/mol. The number of nitrogens with two attached hydrogens (primary N) is 1. The Kier molecular flexibility index (Phi) is 2.97. The van der Waals surface area contributed by atoms with Crippen molar-refractivity contribution in [2.24, 2.45) is 0 Å². The summed E-state index contributed by atoms with van der Waals surface area (Å²) in [5.41, 5.74) is 6.64. The van der Waals surface area contributed by atoms with Gasteiger partial charge in [-0.1, -0.05) is 17.7 Å². The molecule has 0 saturated heterocycles. The first-order valence-electron chi connectivity index (χ1n) is 4.81. The molecule has 82 valence electrons. The third-order valence-corrected chi connectivity index (χ3v) is 2.36. The van der Waals surface area contributed by atoms with Crippen molar-refractivity contribution >= 4 is 17.4 Å². The second-order valence-corrected chi connectivity index (χ2v) is 3.86. The molecular formula is C12H11ClN2O. The molecule has 0 fully saturated rings. The molecule has 3 nitrogen and oxygen atoms in total. The zero-order chi connectivity index (χ0) is 11.5. The van der Waals surface area contributed by atoms with Gasteiger partial charge in [-0.3, -0.25) is 0 Å². The van der Waals surface area contributed by atoms with Crippen LogP contribution in [0.15, 0.2) is 36.5 Å². The number of hydrogen-bond donors (Lipinski definition) is 1. The van der Waals surface area contributed by atoms with Crippen molar-refractivity contribution in [3.63, 3.8) is 0 Å². The molecule has 1 heterocycles. The van der Waals surface area contributed by atoms with Gasteiger partial charge < -0.3 is 10.5 Å². The highest BCUT2D eigenvalue weighted by Gasteiger charge is 2.03. The fourth-order valence-electron chi connectivity index (χ4n) is 1.31. The van der Waals surface area contributed by atoms with E-state index in [1.165, 1.54) is 0 Å². The van der Waals surface area contributed by atoms with Gasteiger partial charge in [0.2, 0.25) is 0 Å². The van der Waals surface area contributed by atoms with Gasteiger partial charge in [0.05, 0.1) is 5.02 Å². The highest BCUT2D eigenvalue weighted by Crippen LogP contribution is 2.30. The molecule has 0 aliphatic rings. The molecule has 1 aromatic carbocycles. The van der Waals surface area contributed by atoms with Crippen LogP contribution in [-0.2, 0) is 0 Å². The number of aromatic nitrogens is 1. The Hall–Kier alpha value is -1.74. The van der Waals surface area contributed by atoms with Gasteiger partial charge in [-0.05, 0) is 30.7 Å². The summed E-state index contributed by atoms with van der Waals surface area (Å²) in [6.45, 7) is 1.97. The average Bonchev–Trinajstić information content (AvgIpc) is 2.22. The van der Waals surface area contributed by atoms with E-state index in [-0.39, 0.29) is 0 Å². The van der Waals surface area contributed by atoms with E-state index in [0.29, 0.717) is 22.3 Å². The molecule has 0 bridgehead atoms. The van der Waals surface area contributed by atoms with Gasteiger partial charge in [-0.25, -0.2) is 4.98 Å². The Morgan fingerprint density at radius 1 is 1.25 bits per heavy atom. The molecule has 1 aromatic heterocycles. The van der Waals surface area contributed by atoms with Crippen LogP contribution in [0, 0.1) is 6.92 Å².